The van der Waals surface area contributed by atoms with Crippen LogP contribution in [0.5, 0.6) is 0 Å². The number of aryl methyl sites for hydroxylation is 1. The Labute approximate surface area is 207 Å². The van der Waals surface area contributed by atoms with Crippen molar-refractivity contribution in [3.05, 3.63) is 70.9 Å². The van der Waals surface area contributed by atoms with Crippen molar-refractivity contribution in [2.45, 2.75) is 26.2 Å². The average Bonchev–Trinajstić information content (AvgIpc) is 3.31. The van der Waals surface area contributed by atoms with E-state index < -0.39 is 5.82 Å². The topological polar surface area (TPSA) is 86.8 Å². The number of rotatable bonds is 6. The Morgan fingerprint density at radius 1 is 1.29 bits per heavy atom. The third kappa shape index (κ3) is 4.84. The van der Waals surface area contributed by atoms with Crippen LogP contribution >= 0.6 is 11.6 Å². The van der Waals surface area contributed by atoms with Crippen molar-refractivity contribution in [1.29, 1.82) is 0 Å². The van der Waals surface area contributed by atoms with Crippen LogP contribution in [0, 0.1) is 11.7 Å². The molecule has 1 aliphatic heterocycles. The molecular weight excluding hydrogens is 467 g/mol. The van der Waals surface area contributed by atoms with E-state index in [9.17, 15) is 9.18 Å². The van der Waals surface area contributed by atoms with Gasteiger partial charge in [-0.2, -0.15) is 0 Å². The summed E-state index contributed by atoms with van der Waals surface area (Å²) in [4.78, 5) is 31.0. The molecule has 1 aliphatic rings. The number of benzene rings is 1. The lowest BCUT2D eigenvalue weighted by Gasteiger charge is -2.33. The molecule has 4 heterocycles. The number of carbonyl (C=O) groups excluding carboxylic acids is 1. The van der Waals surface area contributed by atoms with Gasteiger partial charge in [0.2, 0.25) is 0 Å². The minimum Gasteiger partial charge on any atom is -0.367 e. The van der Waals surface area contributed by atoms with Gasteiger partial charge in [-0.05, 0) is 42.9 Å². The molecule has 5 rings (SSSR count). The second kappa shape index (κ2) is 10.00. The average molecular weight is 493 g/mol. The molecule has 1 atom stereocenters. The third-order valence-electron chi connectivity index (χ3n) is 6.48. The number of likely N-dealkylation sites (tertiary alicyclic amines) is 1. The first kappa shape index (κ1) is 23.2. The number of H-pyrrole nitrogens is 1. The fourth-order valence-electron chi connectivity index (χ4n) is 4.65. The summed E-state index contributed by atoms with van der Waals surface area (Å²) in [6.45, 7) is 3.92. The van der Waals surface area contributed by atoms with Crippen LogP contribution in [-0.2, 0) is 6.42 Å². The molecule has 0 bridgehead atoms. The van der Waals surface area contributed by atoms with E-state index >= 15 is 0 Å². The number of hydrogen-bond donors (Lipinski definition) is 2. The predicted molar refractivity (Wildman–Crippen MR) is 135 cm³/mol. The number of halogens is 2. The van der Waals surface area contributed by atoms with Crippen LogP contribution in [0.2, 0.25) is 5.02 Å². The lowest BCUT2D eigenvalue weighted by molar-refractivity contribution is 0.0679. The Bertz CT molecular complexity index is 1370. The van der Waals surface area contributed by atoms with Crippen LogP contribution in [-0.4, -0.2) is 50.4 Å². The number of aromatic amines is 1. The molecule has 0 unspecified atom stereocenters. The van der Waals surface area contributed by atoms with Crippen LogP contribution in [0.15, 0.2) is 48.9 Å². The third-order valence-corrected chi connectivity index (χ3v) is 6.68. The quantitative estimate of drug-likeness (QED) is 0.379. The highest BCUT2D eigenvalue weighted by atomic mass is 35.5. The molecule has 1 aromatic carbocycles. The summed E-state index contributed by atoms with van der Waals surface area (Å²) in [5.74, 6) is 0.245. The number of piperidine rings is 1. The summed E-state index contributed by atoms with van der Waals surface area (Å²) in [6.07, 6.45) is 7.14. The van der Waals surface area contributed by atoms with Gasteiger partial charge in [0, 0.05) is 48.5 Å². The number of nitrogens with zero attached hydrogens (tertiary/aromatic N) is 4. The van der Waals surface area contributed by atoms with Crippen molar-refractivity contribution in [3.8, 4) is 11.4 Å². The first-order valence-electron chi connectivity index (χ1n) is 11.8. The van der Waals surface area contributed by atoms with Crippen LogP contribution < -0.4 is 5.32 Å². The maximum Gasteiger partial charge on any atom is 0.254 e. The second-order valence-corrected chi connectivity index (χ2v) is 9.23. The lowest BCUT2D eigenvalue weighted by Crippen LogP contribution is -2.42. The molecule has 9 heteroatoms. The fraction of sp³-hybridized carbons (Fsp3) is 0.308. The van der Waals surface area contributed by atoms with E-state index in [1.807, 2.05) is 29.2 Å². The number of carbonyl (C=O) groups is 1. The largest absolute Gasteiger partial charge is 0.367 e. The summed E-state index contributed by atoms with van der Waals surface area (Å²) in [5, 5.41) is 4.41. The van der Waals surface area contributed by atoms with E-state index in [0.29, 0.717) is 35.1 Å². The van der Waals surface area contributed by atoms with Gasteiger partial charge in [0.15, 0.2) is 17.5 Å². The highest BCUT2D eigenvalue weighted by Gasteiger charge is 2.26. The molecular formula is C26H26ClFN6O. The monoisotopic (exact) mass is 492 g/mol. The normalized spacial score (nSPS) is 16.0. The summed E-state index contributed by atoms with van der Waals surface area (Å²) in [6, 6.07) is 9.55. The summed E-state index contributed by atoms with van der Waals surface area (Å²) < 4.78 is 14.6. The number of hydrogen-bond acceptors (Lipinski definition) is 5. The molecule has 180 valence electrons. The number of amides is 1. The van der Waals surface area contributed by atoms with Crippen molar-refractivity contribution >= 4 is 34.4 Å². The van der Waals surface area contributed by atoms with Crippen LogP contribution in [0.1, 0.15) is 35.7 Å². The van der Waals surface area contributed by atoms with Gasteiger partial charge < -0.3 is 15.2 Å². The minimum absolute atomic E-state index is 0.0641. The molecule has 7 nitrogen and oxygen atoms in total. The van der Waals surface area contributed by atoms with Crippen molar-refractivity contribution in [2.24, 2.45) is 5.92 Å². The van der Waals surface area contributed by atoms with Gasteiger partial charge in [0.1, 0.15) is 5.65 Å². The minimum atomic E-state index is -0.523. The molecule has 0 aliphatic carbocycles. The van der Waals surface area contributed by atoms with Gasteiger partial charge >= 0.3 is 0 Å². The van der Waals surface area contributed by atoms with E-state index in [4.69, 9.17) is 11.6 Å². The van der Waals surface area contributed by atoms with E-state index in [-0.39, 0.29) is 17.6 Å². The van der Waals surface area contributed by atoms with Gasteiger partial charge in [-0.15, -0.1) is 0 Å². The van der Waals surface area contributed by atoms with Crippen molar-refractivity contribution in [2.75, 3.05) is 25.0 Å². The Balaban J connectivity index is 1.29. The lowest BCUT2D eigenvalue weighted by atomic mass is 9.96. The van der Waals surface area contributed by atoms with E-state index in [1.54, 1.807) is 18.5 Å². The van der Waals surface area contributed by atoms with Gasteiger partial charge in [0.25, 0.3) is 5.91 Å². The van der Waals surface area contributed by atoms with Crippen LogP contribution in [0.4, 0.5) is 10.2 Å². The van der Waals surface area contributed by atoms with Crippen molar-refractivity contribution < 1.29 is 9.18 Å². The Kier molecular flexibility index (Phi) is 6.63. The fourth-order valence-corrected chi connectivity index (χ4v) is 4.81. The maximum atomic E-state index is 14.6. The predicted octanol–water partition coefficient (Wildman–Crippen LogP) is 5.34. The molecule has 3 aromatic heterocycles. The summed E-state index contributed by atoms with van der Waals surface area (Å²) in [7, 11) is 0. The molecule has 1 saturated heterocycles. The molecule has 35 heavy (non-hydrogen) atoms. The van der Waals surface area contributed by atoms with E-state index in [1.165, 1.54) is 6.20 Å². The van der Waals surface area contributed by atoms with Crippen LogP contribution in [0.3, 0.4) is 0 Å². The highest BCUT2D eigenvalue weighted by molar-refractivity contribution is 6.31. The molecule has 1 fully saturated rings. The zero-order chi connectivity index (χ0) is 24.4. The zero-order valence-corrected chi connectivity index (χ0v) is 20.1. The maximum absolute atomic E-state index is 14.6. The first-order chi connectivity index (χ1) is 17.0. The van der Waals surface area contributed by atoms with Crippen molar-refractivity contribution in [1.82, 2.24) is 24.8 Å². The molecule has 0 saturated carbocycles. The Morgan fingerprint density at radius 2 is 2.14 bits per heavy atom. The second-order valence-electron chi connectivity index (χ2n) is 8.79. The number of aromatic nitrogens is 4. The number of pyridine rings is 1. The van der Waals surface area contributed by atoms with E-state index in [2.05, 4.69) is 32.2 Å². The zero-order valence-electron chi connectivity index (χ0n) is 19.4. The van der Waals surface area contributed by atoms with E-state index in [0.717, 1.165) is 42.3 Å². The van der Waals surface area contributed by atoms with Gasteiger partial charge in [-0.3, -0.25) is 4.79 Å². The summed E-state index contributed by atoms with van der Waals surface area (Å²) >= 11 is 6.10. The Hall–Kier alpha value is -3.52. The highest BCUT2D eigenvalue weighted by Crippen LogP contribution is 2.28. The van der Waals surface area contributed by atoms with Gasteiger partial charge in [0.05, 0.1) is 11.2 Å². The molecule has 4 aromatic rings. The summed E-state index contributed by atoms with van der Waals surface area (Å²) in [5.41, 5.74) is 3.18. The molecule has 1 amide bonds. The first-order valence-corrected chi connectivity index (χ1v) is 12.2. The van der Waals surface area contributed by atoms with Gasteiger partial charge in [-0.25, -0.2) is 19.3 Å². The smallest absolute Gasteiger partial charge is 0.254 e. The van der Waals surface area contributed by atoms with Gasteiger partial charge in [-0.1, -0.05) is 36.7 Å². The molecule has 0 spiro atoms. The van der Waals surface area contributed by atoms with Crippen LogP contribution in [0.25, 0.3) is 22.4 Å². The van der Waals surface area contributed by atoms with Crippen molar-refractivity contribution in [3.63, 3.8) is 0 Å². The molecule has 0 radical (unpaired) electrons. The number of anilines is 1. The number of nitrogens with one attached hydrogen (secondary N) is 2. The number of fused-ring (bicyclic) bond motifs is 1. The molecule has 2 N–H and O–H groups in total. The Morgan fingerprint density at radius 3 is 3.00 bits per heavy atom. The standard InChI is InChI=1S/C26H26ClFN6O/c1-2-17-7-3-4-8-19(17)26(35)34-9-5-6-16(15-34)11-29-25-22(28)14-32-24(33-25)21-13-31-23-20(21)10-18(27)12-30-23/h3-4,7-8,10,12-14,16H,2,5-6,9,11,15H2,1H3,(H,30,31)(H,29,32,33)/t16-/m1/s1. The SMILES string of the molecule is CCc1ccccc1C(=O)N1CCC[C@H](CNc2nc(-c3c[nH]c4ncc(Cl)cc34)ncc2F)C1.